The van der Waals surface area contributed by atoms with E-state index < -0.39 is 20.0 Å². The Balaban J connectivity index is 2.33. The highest BCUT2D eigenvalue weighted by molar-refractivity contribution is 7.94. The van der Waals surface area contributed by atoms with E-state index in [0.717, 1.165) is 10.7 Å². The molecule has 0 aliphatic carbocycles. The lowest BCUT2D eigenvalue weighted by Gasteiger charge is -2.26. The van der Waals surface area contributed by atoms with Crippen LogP contribution in [0.4, 0.5) is 0 Å². The highest BCUT2D eigenvalue weighted by Gasteiger charge is 2.35. The summed E-state index contributed by atoms with van der Waals surface area (Å²) in [6, 6.07) is 1.30. The van der Waals surface area contributed by atoms with Crippen LogP contribution in [0.15, 0.2) is 20.7 Å². The van der Waals surface area contributed by atoms with E-state index in [1.54, 1.807) is 7.11 Å². The molecule has 0 spiro atoms. The van der Waals surface area contributed by atoms with Crippen LogP contribution in [0.3, 0.4) is 0 Å². The Hall–Kier alpha value is -1.18. The predicted molar refractivity (Wildman–Crippen MR) is 98.5 cm³/mol. The fourth-order valence-corrected chi connectivity index (χ4v) is 6.24. The number of nitrogens with one attached hydrogen (secondary N) is 1. The minimum atomic E-state index is -3.99. The maximum atomic E-state index is 12.8. The van der Waals surface area contributed by atoms with Crippen LogP contribution in [0.25, 0.3) is 5.70 Å². The highest BCUT2D eigenvalue weighted by atomic mass is 32.3. The molecule has 0 aromatic carbocycles. The van der Waals surface area contributed by atoms with Crippen LogP contribution >= 0.6 is 11.3 Å². The summed E-state index contributed by atoms with van der Waals surface area (Å²) in [5.74, 6) is 0. The Kier molecular flexibility index (Phi) is 7.05. The Morgan fingerprint density at radius 2 is 2.04 bits per heavy atom. The summed E-state index contributed by atoms with van der Waals surface area (Å²) in [6.07, 6.45) is 2.29. The summed E-state index contributed by atoms with van der Waals surface area (Å²) in [4.78, 5) is 0. The van der Waals surface area contributed by atoms with Gasteiger partial charge in [0.2, 0.25) is 10.0 Å². The van der Waals surface area contributed by atoms with E-state index in [1.807, 2.05) is 6.92 Å². The van der Waals surface area contributed by atoms with E-state index in [1.165, 1.54) is 12.3 Å². The zero-order valence-corrected chi connectivity index (χ0v) is 17.0. The lowest BCUT2D eigenvalue weighted by molar-refractivity contribution is 0.0684. The van der Waals surface area contributed by atoms with Crippen molar-refractivity contribution in [2.75, 3.05) is 40.0 Å². The summed E-state index contributed by atoms with van der Waals surface area (Å²) in [7, 11) is -6.31. The van der Waals surface area contributed by atoms with E-state index in [-0.39, 0.29) is 21.6 Å². The molecule has 3 N–H and O–H groups in total. The number of ether oxygens (including phenoxy) is 2. The first kappa shape index (κ1) is 21.1. The first-order valence-corrected chi connectivity index (χ1v) is 11.7. The Bertz CT molecular complexity index is 860. The molecule has 0 unspecified atom stereocenters. The third-order valence-corrected chi connectivity index (χ3v) is 8.34. The van der Waals surface area contributed by atoms with Crippen molar-refractivity contribution in [1.29, 1.82) is 0 Å². The van der Waals surface area contributed by atoms with E-state index in [2.05, 4.69) is 5.32 Å². The van der Waals surface area contributed by atoms with Gasteiger partial charge in [0.15, 0.2) is 4.21 Å². The molecule has 0 bridgehead atoms. The van der Waals surface area contributed by atoms with Gasteiger partial charge >= 0.3 is 0 Å². The molecule has 0 saturated carbocycles. The Morgan fingerprint density at radius 3 is 2.65 bits per heavy atom. The smallest absolute Gasteiger partial charge is 0.274 e. The molecule has 0 radical (unpaired) electrons. The number of nitrogens with two attached hydrogens (primary N) is 1. The molecule has 1 aliphatic rings. The van der Waals surface area contributed by atoms with Crippen molar-refractivity contribution in [3.8, 4) is 0 Å². The van der Waals surface area contributed by atoms with Crippen molar-refractivity contribution >= 4 is 37.1 Å². The zero-order valence-electron chi connectivity index (χ0n) is 14.6. The van der Waals surface area contributed by atoms with Gasteiger partial charge in [0.05, 0.1) is 32.1 Å². The number of thiophene rings is 1. The molecule has 0 amide bonds. The number of fused-ring (bicyclic) bond motifs is 1. The summed E-state index contributed by atoms with van der Waals surface area (Å²) in [6.45, 7) is 3.64. The number of hydrogen-bond acceptors (Lipinski definition) is 8. The molecule has 1 aromatic heterocycles. The summed E-state index contributed by atoms with van der Waals surface area (Å²) in [5, 5.41) is 8.30. The van der Waals surface area contributed by atoms with E-state index in [4.69, 9.17) is 14.6 Å². The molecule has 26 heavy (non-hydrogen) atoms. The van der Waals surface area contributed by atoms with Gasteiger partial charge < -0.3 is 14.8 Å². The van der Waals surface area contributed by atoms with Gasteiger partial charge in [-0.05, 0) is 12.5 Å². The fourth-order valence-electron chi connectivity index (χ4n) is 2.25. The van der Waals surface area contributed by atoms with Gasteiger partial charge in [-0.3, -0.25) is 4.31 Å². The quantitative estimate of drug-likeness (QED) is 0.518. The molecule has 2 rings (SSSR count). The average molecular weight is 426 g/mol. The zero-order chi connectivity index (χ0) is 19.4. The number of methoxy groups -OCH3 is 1. The molecule has 12 heteroatoms. The largest absolute Gasteiger partial charge is 0.383 e. The average Bonchev–Trinajstić information content (AvgIpc) is 3.02. The monoisotopic (exact) mass is 425 g/mol. The second-order valence-corrected chi connectivity index (χ2v) is 10.4. The van der Waals surface area contributed by atoms with Gasteiger partial charge in [0, 0.05) is 25.4 Å². The van der Waals surface area contributed by atoms with E-state index >= 15 is 0 Å². The van der Waals surface area contributed by atoms with Crippen molar-refractivity contribution in [3.05, 3.63) is 17.8 Å². The summed E-state index contributed by atoms with van der Waals surface area (Å²) in [5.41, 5.74) is 0.865. The van der Waals surface area contributed by atoms with Gasteiger partial charge in [-0.25, -0.2) is 22.0 Å². The topological polar surface area (TPSA) is 128 Å². The van der Waals surface area contributed by atoms with Gasteiger partial charge in [0.25, 0.3) is 10.0 Å². The third kappa shape index (κ3) is 4.75. The third-order valence-electron chi connectivity index (χ3n) is 3.52. The lowest BCUT2D eigenvalue weighted by Crippen LogP contribution is -2.34. The maximum absolute atomic E-state index is 12.8. The van der Waals surface area contributed by atoms with Crippen molar-refractivity contribution in [3.63, 3.8) is 0 Å². The maximum Gasteiger partial charge on any atom is 0.274 e. The lowest BCUT2D eigenvalue weighted by atomic mass is 10.2. The predicted octanol–water partition coefficient (Wildman–Crippen LogP) is 0.361. The molecule has 1 aromatic rings. The molecule has 0 saturated heterocycles. The van der Waals surface area contributed by atoms with Crippen LogP contribution in [0.1, 0.15) is 18.9 Å². The molecule has 9 nitrogen and oxygen atoms in total. The first-order valence-electron chi connectivity index (χ1n) is 7.93. The molecular formula is C14H23N3O6S3. The van der Waals surface area contributed by atoms with Gasteiger partial charge in [-0.15, -0.1) is 11.3 Å². The molecule has 148 valence electrons. The van der Waals surface area contributed by atoms with E-state index in [0.29, 0.717) is 42.4 Å². The van der Waals surface area contributed by atoms with E-state index in [9.17, 15) is 16.8 Å². The molecule has 2 heterocycles. The SMILES string of the molecule is CCCNC1=CN(CCOCCOC)S(=O)(=O)c2sc(S(N)(=O)=O)cc21. The van der Waals surface area contributed by atoms with Crippen LogP contribution in [0.2, 0.25) is 0 Å². The second kappa shape index (κ2) is 8.67. The van der Waals surface area contributed by atoms with Crippen LogP contribution in [0.5, 0.6) is 0 Å². The summed E-state index contributed by atoms with van der Waals surface area (Å²) < 4.78 is 60.1. The number of primary sulfonamides is 1. The van der Waals surface area contributed by atoms with Crippen molar-refractivity contribution in [2.24, 2.45) is 5.14 Å². The minimum Gasteiger partial charge on any atom is -0.383 e. The van der Waals surface area contributed by atoms with Crippen LogP contribution in [-0.2, 0) is 29.5 Å². The number of rotatable bonds is 10. The molecule has 0 atom stereocenters. The first-order chi connectivity index (χ1) is 12.2. The van der Waals surface area contributed by atoms with Gasteiger partial charge in [-0.1, -0.05) is 6.92 Å². The van der Waals surface area contributed by atoms with Crippen LogP contribution in [0, 0.1) is 0 Å². The van der Waals surface area contributed by atoms with Crippen molar-refractivity contribution in [1.82, 2.24) is 9.62 Å². The fraction of sp³-hybridized carbons (Fsp3) is 0.571. The second-order valence-electron chi connectivity index (χ2n) is 5.50. The Labute approximate surface area is 157 Å². The Morgan fingerprint density at radius 1 is 1.31 bits per heavy atom. The molecular weight excluding hydrogens is 402 g/mol. The molecule has 0 fully saturated rings. The number of sulfonamides is 2. The minimum absolute atomic E-state index is 0.0421. The highest BCUT2D eigenvalue weighted by Crippen LogP contribution is 2.38. The number of nitrogens with zero attached hydrogens (tertiary/aromatic N) is 1. The van der Waals surface area contributed by atoms with Crippen molar-refractivity contribution < 1.29 is 26.3 Å². The molecule has 1 aliphatic heterocycles. The normalized spacial score (nSPS) is 16.3. The van der Waals surface area contributed by atoms with Crippen LogP contribution in [-0.4, -0.2) is 61.2 Å². The van der Waals surface area contributed by atoms with Crippen LogP contribution < -0.4 is 10.5 Å². The number of hydrogen-bond donors (Lipinski definition) is 2. The standard InChI is InChI=1S/C14H23N3O6S3/c1-3-4-16-12-10-17(5-6-23-8-7-22-2)26(20,21)14-11(12)9-13(24-14)25(15,18)19/h9-10,16H,3-8H2,1-2H3,(H2,15,18,19). The van der Waals surface area contributed by atoms with Gasteiger partial charge in [0.1, 0.15) is 4.21 Å². The van der Waals surface area contributed by atoms with Crippen molar-refractivity contribution in [2.45, 2.75) is 21.8 Å². The summed E-state index contributed by atoms with van der Waals surface area (Å²) >= 11 is 0.653. The van der Waals surface area contributed by atoms with Gasteiger partial charge in [-0.2, -0.15) is 0 Å².